The van der Waals surface area contributed by atoms with Gasteiger partial charge in [0.1, 0.15) is 0 Å². The van der Waals surface area contributed by atoms with Crippen LogP contribution in [0.25, 0.3) is 16.5 Å². The van der Waals surface area contributed by atoms with Crippen molar-refractivity contribution < 1.29 is 9.31 Å². The molecule has 1 aromatic rings. The Bertz CT molecular complexity index is 576. The van der Waals surface area contributed by atoms with E-state index in [4.69, 9.17) is 14.8 Å². The molecule has 0 radical (unpaired) electrons. The van der Waals surface area contributed by atoms with E-state index in [0.29, 0.717) is 6.54 Å². The molecule has 0 spiro atoms. The molecule has 1 aliphatic heterocycles. The molecule has 0 amide bonds. The molecule has 1 heterocycles. The topological polar surface area (TPSA) is 67.2 Å². The molecular formula is C15H20BN3O2. The van der Waals surface area contributed by atoms with Gasteiger partial charge in [-0.2, -0.15) is 0 Å². The maximum atomic E-state index is 8.24. The number of rotatable bonds is 4. The first-order chi connectivity index (χ1) is 9.86. The molecule has 0 bridgehead atoms. The van der Waals surface area contributed by atoms with Gasteiger partial charge in [0.05, 0.1) is 11.2 Å². The number of azide groups is 1. The van der Waals surface area contributed by atoms with Crippen molar-refractivity contribution in [3.05, 3.63) is 46.3 Å². The summed E-state index contributed by atoms with van der Waals surface area (Å²) in [6.45, 7) is 8.50. The van der Waals surface area contributed by atoms with Gasteiger partial charge in [-0.15, -0.1) is 0 Å². The van der Waals surface area contributed by atoms with E-state index in [2.05, 4.69) is 10.0 Å². The zero-order valence-corrected chi connectivity index (χ0v) is 12.9. The van der Waals surface area contributed by atoms with Gasteiger partial charge in [0.15, 0.2) is 0 Å². The Morgan fingerprint density at radius 2 is 1.90 bits per heavy atom. The van der Waals surface area contributed by atoms with Crippen LogP contribution < -0.4 is 5.46 Å². The van der Waals surface area contributed by atoms with E-state index in [-0.39, 0.29) is 18.3 Å². The van der Waals surface area contributed by atoms with Gasteiger partial charge in [0.25, 0.3) is 0 Å². The average molecular weight is 285 g/mol. The van der Waals surface area contributed by atoms with E-state index in [0.717, 1.165) is 11.0 Å². The van der Waals surface area contributed by atoms with Crippen LogP contribution in [0.3, 0.4) is 0 Å². The first-order valence-electron chi connectivity index (χ1n) is 6.99. The Labute approximate surface area is 125 Å². The Balaban J connectivity index is 2.15. The van der Waals surface area contributed by atoms with E-state index in [1.54, 1.807) is 0 Å². The van der Waals surface area contributed by atoms with E-state index in [1.165, 1.54) is 0 Å². The molecule has 5 nitrogen and oxygen atoms in total. The molecule has 1 saturated heterocycles. The predicted molar refractivity (Wildman–Crippen MR) is 85.2 cm³/mol. The smallest absolute Gasteiger partial charge is 0.399 e. The van der Waals surface area contributed by atoms with Gasteiger partial charge in [-0.1, -0.05) is 41.5 Å². The van der Waals surface area contributed by atoms with Crippen molar-refractivity contribution in [1.29, 1.82) is 0 Å². The van der Waals surface area contributed by atoms with Crippen molar-refractivity contribution in [2.75, 3.05) is 6.54 Å². The van der Waals surface area contributed by atoms with Crippen molar-refractivity contribution in [1.82, 2.24) is 0 Å². The Morgan fingerprint density at radius 3 is 2.52 bits per heavy atom. The lowest BCUT2D eigenvalue weighted by Gasteiger charge is -2.32. The summed E-state index contributed by atoms with van der Waals surface area (Å²) in [4.78, 5) is 2.71. The fraction of sp³-hybridized carbons (Fsp3) is 0.467. The molecule has 6 heteroatoms. The quantitative estimate of drug-likeness (QED) is 0.368. The van der Waals surface area contributed by atoms with Gasteiger partial charge in [0, 0.05) is 11.5 Å². The summed E-state index contributed by atoms with van der Waals surface area (Å²) in [6.07, 6.45) is 3.74. The minimum atomic E-state index is -0.361. The zero-order valence-electron chi connectivity index (χ0n) is 12.9. The summed E-state index contributed by atoms with van der Waals surface area (Å²) < 4.78 is 12.1. The highest BCUT2D eigenvalue weighted by Gasteiger charge is 2.51. The normalized spacial score (nSPS) is 19.7. The molecule has 1 aliphatic rings. The van der Waals surface area contributed by atoms with Crippen molar-refractivity contribution in [2.45, 2.75) is 38.9 Å². The van der Waals surface area contributed by atoms with Crippen LogP contribution >= 0.6 is 0 Å². The van der Waals surface area contributed by atoms with Crippen molar-refractivity contribution in [2.24, 2.45) is 5.11 Å². The third-order valence-electron chi connectivity index (χ3n) is 4.00. The molecule has 1 aromatic carbocycles. The van der Waals surface area contributed by atoms with Crippen LogP contribution in [0.5, 0.6) is 0 Å². The molecule has 0 N–H and O–H groups in total. The summed E-state index contributed by atoms with van der Waals surface area (Å²) in [5.74, 6) is 0. The summed E-state index contributed by atoms with van der Waals surface area (Å²) in [5.41, 5.74) is 9.57. The molecule has 0 aromatic heterocycles. The van der Waals surface area contributed by atoms with Gasteiger partial charge in [-0.25, -0.2) is 0 Å². The van der Waals surface area contributed by atoms with E-state index in [9.17, 15) is 0 Å². The second-order valence-electron chi connectivity index (χ2n) is 6.07. The maximum absolute atomic E-state index is 8.24. The van der Waals surface area contributed by atoms with Gasteiger partial charge in [0.2, 0.25) is 0 Å². The third-order valence-corrected chi connectivity index (χ3v) is 4.00. The lowest BCUT2D eigenvalue weighted by Crippen LogP contribution is -2.41. The van der Waals surface area contributed by atoms with Crippen molar-refractivity contribution >= 4 is 18.7 Å². The molecule has 0 unspecified atom stereocenters. The molecule has 2 rings (SSSR count). The van der Waals surface area contributed by atoms with Crippen LogP contribution in [0, 0.1) is 0 Å². The van der Waals surface area contributed by atoms with E-state index < -0.39 is 0 Å². The lowest BCUT2D eigenvalue weighted by atomic mass is 9.78. The molecule has 0 saturated carbocycles. The van der Waals surface area contributed by atoms with E-state index in [1.807, 2.05) is 64.1 Å². The highest BCUT2D eigenvalue weighted by molar-refractivity contribution is 6.62. The minimum absolute atomic E-state index is 0.342. The Hall–Kier alpha value is -1.75. The zero-order chi connectivity index (χ0) is 15.5. The van der Waals surface area contributed by atoms with Crippen molar-refractivity contribution in [3.8, 4) is 0 Å². The number of nitrogens with zero attached hydrogens (tertiary/aromatic N) is 3. The maximum Gasteiger partial charge on any atom is 0.494 e. The first-order valence-corrected chi connectivity index (χ1v) is 6.99. The SMILES string of the molecule is CC1(C)OB(c2cccc(C=CCN=[N+]=[N-])c2)OC1(C)C. The minimum Gasteiger partial charge on any atom is -0.399 e. The van der Waals surface area contributed by atoms with Crippen LogP contribution in [-0.2, 0) is 9.31 Å². The van der Waals surface area contributed by atoms with Gasteiger partial charge in [-0.05, 0) is 44.3 Å². The monoisotopic (exact) mass is 285 g/mol. The van der Waals surface area contributed by atoms with E-state index >= 15 is 0 Å². The van der Waals surface area contributed by atoms with Crippen LogP contribution in [-0.4, -0.2) is 24.9 Å². The van der Waals surface area contributed by atoms with Gasteiger partial charge >= 0.3 is 7.12 Å². The Morgan fingerprint density at radius 1 is 1.24 bits per heavy atom. The average Bonchev–Trinajstić information content (AvgIpc) is 2.64. The number of hydrogen-bond acceptors (Lipinski definition) is 3. The van der Waals surface area contributed by atoms with Gasteiger partial charge in [-0.3, -0.25) is 0 Å². The Kier molecular flexibility index (Phi) is 4.42. The second kappa shape index (κ2) is 5.94. The van der Waals surface area contributed by atoms with Crippen LogP contribution in [0.4, 0.5) is 0 Å². The van der Waals surface area contributed by atoms with Gasteiger partial charge < -0.3 is 9.31 Å². The first kappa shape index (κ1) is 15.6. The fourth-order valence-corrected chi connectivity index (χ4v) is 2.06. The summed E-state index contributed by atoms with van der Waals surface area (Å²) >= 11 is 0. The van der Waals surface area contributed by atoms with Crippen LogP contribution in [0.1, 0.15) is 33.3 Å². The van der Waals surface area contributed by atoms with Crippen LogP contribution in [0.2, 0.25) is 0 Å². The lowest BCUT2D eigenvalue weighted by molar-refractivity contribution is 0.00578. The predicted octanol–water partition coefficient (Wildman–Crippen LogP) is 3.31. The highest BCUT2D eigenvalue weighted by atomic mass is 16.7. The summed E-state index contributed by atoms with van der Waals surface area (Å²) in [7, 11) is -0.361. The van der Waals surface area contributed by atoms with Crippen molar-refractivity contribution in [3.63, 3.8) is 0 Å². The van der Waals surface area contributed by atoms with Crippen LogP contribution in [0.15, 0.2) is 35.5 Å². The fourth-order valence-electron chi connectivity index (χ4n) is 2.06. The standard InChI is InChI=1S/C15H20BN3O2/c1-14(2)15(3,4)21-16(20-14)13-9-5-7-12(11-13)8-6-10-18-19-17/h5-9,11H,10H2,1-4H3. The molecular weight excluding hydrogens is 265 g/mol. The molecule has 0 aliphatic carbocycles. The molecule has 0 atom stereocenters. The molecule has 110 valence electrons. The summed E-state index contributed by atoms with van der Waals surface area (Å²) in [5, 5.41) is 3.47. The third kappa shape index (κ3) is 3.48. The molecule has 1 fully saturated rings. The summed E-state index contributed by atoms with van der Waals surface area (Å²) in [6, 6.07) is 7.97. The number of hydrogen-bond donors (Lipinski definition) is 0. The highest BCUT2D eigenvalue weighted by Crippen LogP contribution is 2.36. The second-order valence-corrected chi connectivity index (χ2v) is 6.07. The number of benzene rings is 1. The molecule has 21 heavy (non-hydrogen) atoms. The largest absolute Gasteiger partial charge is 0.494 e.